The van der Waals surface area contributed by atoms with Gasteiger partial charge in [-0.25, -0.2) is 9.78 Å². The van der Waals surface area contributed by atoms with Gasteiger partial charge in [-0.2, -0.15) is 0 Å². The van der Waals surface area contributed by atoms with E-state index in [2.05, 4.69) is 15.3 Å². The van der Waals surface area contributed by atoms with Gasteiger partial charge in [-0.1, -0.05) is 48.5 Å². The third-order valence-corrected chi connectivity index (χ3v) is 4.50. The molecule has 0 aliphatic rings. The number of anilines is 1. The highest BCUT2D eigenvalue weighted by atomic mass is 16.4. The van der Waals surface area contributed by atoms with E-state index in [4.69, 9.17) is 0 Å². The van der Waals surface area contributed by atoms with E-state index in [1.807, 2.05) is 12.1 Å². The van der Waals surface area contributed by atoms with Gasteiger partial charge in [-0.15, -0.1) is 0 Å². The molecule has 3 N–H and O–H groups in total. The van der Waals surface area contributed by atoms with Crippen molar-refractivity contribution in [1.29, 1.82) is 0 Å². The van der Waals surface area contributed by atoms with Crippen LogP contribution in [0.25, 0.3) is 22.7 Å². The van der Waals surface area contributed by atoms with E-state index in [-0.39, 0.29) is 11.5 Å². The molecule has 4 rings (SSSR count). The average molecular weight is 383 g/mol. The van der Waals surface area contributed by atoms with Crippen LogP contribution >= 0.6 is 0 Å². The number of carbonyl (C=O) groups is 2. The standard InChI is InChI=1S/C23H17N3O3/c27-22(16-9-5-2-6-10-16)26-19-11-12-24-21-20(19)17(14-25-21)13-18(23(28)29)15-7-3-1-4-8-15/h1-14H,(H,28,29)(H2,24,25,26,27). The molecule has 0 aliphatic heterocycles. The van der Waals surface area contributed by atoms with Crippen LogP contribution in [0.4, 0.5) is 5.69 Å². The molecule has 0 aliphatic carbocycles. The van der Waals surface area contributed by atoms with Gasteiger partial charge in [-0.05, 0) is 29.8 Å². The molecule has 0 spiro atoms. The lowest BCUT2D eigenvalue weighted by Crippen LogP contribution is -2.12. The molecule has 1 amide bonds. The third kappa shape index (κ3) is 3.77. The van der Waals surface area contributed by atoms with Gasteiger partial charge < -0.3 is 15.4 Å². The second-order valence-electron chi connectivity index (χ2n) is 6.38. The molecular formula is C23H17N3O3. The summed E-state index contributed by atoms with van der Waals surface area (Å²) in [7, 11) is 0. The molecule has 29 heavy (non-hydrogen) atoms. The fraction of sp³-hybridized carbons (Fsp3) is 0. The number of nitrogens with zero attached hydrogens (tertiary/aromatic N) is 1. The fourth-order valence-electron chi connectivity index (χ4n) is 3.13. The zero-order chi connectivity index (χ0) is 20.2. The topological polar surface area (TPSA) is 95.1 Å². The highest BCUT2D eigenvalue weighted by Gasteiger charge is 2.15. The maximum Gasteiger partial charge on any atom is 0.336 e. The summed E-state index contributed by atoms with van der Waals surface area (Å²) in [6.07, 6.45) is 4.85. The van der Waals surface area contributed by atoms with E-state index in [1.165, 1.54) is 0 Å². The Morgan fingerprint density at radius 3 is 2.24 bits per heavy atom. The van der Waals surface area contributed by atoms with Crippen LogP contribution in [0.1, 0.15) is 21.5 Å². The minimum Gasteiger partial charge on any atom is -0.478 e. The number of hydrogen-bond acceptors (Lipinski definition) is 3. The molecule has 2 aromatic carbocycles. The van der Waals surface area contributed by atoms with Gasteiger partial charge >= 0.3 is 5.97 Å². The number of aromatic amines is 1. The summed E-state index contributed by atoms with van der Waals surface area (Å²) in [5.74, 6) is -1.29. The number of aromatic nitrogens is 2. The summed E-state index contributed by atoms with van der Waals surface area (Å²) in [6, 6.07) is 19.5. The number of rotatable bonds is 5. The number of H-pyrrole nitrogens is 1. The molecule has 2 aromatic heterocycles. The summed E-state index contributed by atoms with van der Waals surface area (Å²) < 4.78 is 0. The lowest BCUT2D eigenvalue weighted by molar-refractivity contribution is -0.130. The van der Waals surface area contributed by atoms with Crippen molar-refractivity contribution in [3.05, 3.63) is 95.8 Å². The molecule has 0 saturated heterocycles. The summed E-state index contributed by atoms with van der Waals surface area (Å²) in [5, 5.41) is 13.2. The van der Waals surface area contributed by atoms with Crippen molar-refractivity contribution in [3.8, 4) is 0 Å². The number of carboxylic acid groups (broad SMARTS) is 1. The lowest BCUT2D eigenvalue weighted by Gasteiger charge is -2.08. The van der Waals surface area contributed by atoms with Crippen molar-refractivity contribution in [2.24, 2.45) is 0 Å². The monoisotopic (exact) mass is 383 g/mol. The first-order chi connectivity index (χ1) is 14.1. The third-order valence-electron chi connectivity index (χ3n) is 4.50. The predicted molar refractivity (Wildman–Crippen MR) is 112 cm³/mol. The highest BCUT2D eigenvalue weighted by Crippen LogP contribution is 2.29. The van der Waals surface area contributed by atoms with E-state index >= 15 is 0 Å². The van der Waals surface area contributed by atoms with Crippen LogP contribution in [0.15, 0.2) is 79.1 Å². The zero-order valence-electron chi connectivity index (χ0n) is 15.3. The molecule has 2 heterocycles. The Balaban J connectivity index is 1.78. The van der Waals surface area contributed by atoms with E-state index in [9.17, 15) is 14.7 Å². The first kappa shape index (κ1) is 18.2. The number of amides is 1. The van der Waals surface area contributed by atoms with Crippen LogP contribution in [0, 0.1) is 0 Å². The second-order valence-corrected chi connectivity index (χ2v) is 6.38. The zero-order valence-corrected chi connectivity index (χ0v) is 15.3. The van der Waals surface area contributed by atoms with Gasteiger partial charge in [0.2, 0.25) is 0 Å². The van der Waals surface area contributed by atoms with Gasteiger partial charge in [0.1, 0.15) is 5.65 Å². The van der Waals surface area contributed by atoms with Crippen molar-refractivity contribution in [3.63, 3.8) is 0 Å². The number of carboxylic acids is 1. The number of hydrogen-bond donors (Lipinski definition) is 3. The largest absolute Gasteiger partial charge is 0.478 e. The van der Waals surface area contributed by atoms with Gasteiger partial charge in [0.15, 0.2) is 0 Å². The molecule has 142 valence electrons. The Morgan fingerprint density at radius 2 is 1.59 bits per heavy atom. The lowest BCUT2D eigenvalue weighted by atomic mass is 10.0. The van der Waals surface area contributed by atoms with Crippen LogP contribution in [0.3, 0.4) is 0 Å². The Bertz CT molecular complexity index is 1210. The second kappa shape index (κ2) is 7.82. The Labute approximate surface area is 166 Å². The summed E-state index contributed by atoms with van der Waals surface area (Å²) in [5.41, 5.74) is 3.00. The van der Waals surface area contributed by atoms with Crippen molar-refractivity contribution < 1.29 is 14.7 Å². The highest BCUT2D eigenvalue weighted by molar-refractivity contribution is 6.22. The Kier molecular flexibility index (Phi) is 4.90. The SMILES string of the molecule is O=C(O)C(=Cc1c[nH]c2nccc(NC(=O)c3ccccc3)c12)c1ccccc1. The minimum absolute atomic E-state index is 0.149. The predicted octanol–water partition coefficient (Wildman–Crippen LogP) is 4.44. The van der Waals surface area contributed by atoms with Crippen LogP contribution < -0.4 is 5.32 Å². The van der Waals surface area contributed by atoms with Crippen LogP contribution in [-0.4, -0.2) is 27.0 Å². The molecule has 0 atom stereocenters. The molecule has 0 saturated carbocycles. The number of carbonyl (C=O) groups excluding carboxylic acids is 1. The number of fused-ring (bicyclic) bond motifs is 1. The number of nitrogens with one attached hydrogen (secondary N) is 2. The van der Waals surface area contributed by atoms with E-state index in [1.54, 1.807) is 73.1 Å². The minimum atomic E-state index is -1.04. The number of aliphatic carboxylic acids is 1. The molecule has 0 radical (unpaired) electrons. The summed E-state index contributed by atoms with van der Waals surface area (Å²) in [4.78, 5) is 31.8. The van der Waals surface area contributed by atoms with Crippen molar-refractivity contribution >= 4 is 40.2 Å². The van der Waals surface area contributed by atoms with Gasteiger partial charge in [0.25, 0.3) is 5.91 Å². The normalized spacial score (nSPS) is 11.4. The summed E-state index contributed by atoms with van der Waals surface area (Å²) in [6.45, 7) is 0. The molecule has 4 aromatic rings. The molecule has 6 heteroatoms. The quantitative estimate of drug-likeness (QED) is 0.444. The van der Waals surface area contributed by atoms with Crippen LogP contribution in [0.5, 0.6) is 0 Å². The molecule has 0 fully saturated rings. The number of pyridine rings is 1. The molecular weight excluding hydrogens is 366 g/mol. The maximum absolute atomic E-state index is 12.6. The van der Waals surface area contributed by atoms with Gasteiger partial charge in [0, 0.05) is 28.9 Å². The number of benzene rings is 2. The van der Waals surface area contributed by atoms with E-state index in [0.29, 0.717) is 33.4 Å². The van der Waals surface area contributed by atoms with E-state index < -0.39 is 5.97 Å². The van der Waals surface area contributed by atoms with Crippen LogP contribution in [-0.2, 0) is 4.79 Å². The van der Waals surface area contributed by atoms with Gasteiger partial charge in [0.05, 0.1) is 11.3 Å². The van der Waals surface area contributed by atoms with E-state index in [0.717, 1.165) is 0 Å². The van der Waals surface area contributed by atoms with Crippen molar-refractivity contribution in [1.82, 2.24) is 9.97 Å². The first-order valence-corrected chi connectivity index (χ1v) is 8.96. The maximum atomic E-state index is 12.6. The first-order valence-electron chi connectivity index (χ1n) is 8.96. The smallest absolute Gasteiger partial charge is 0.336 e. The Morgan fingerprint density at radius 1 is 0.931 bits per heavy atom. The van der Waals surface area contributed by atoms with Crippen molar-refractivity contribution in [2.45, 2.75) is 0 Å². The average Bonchev–Trinajstić information content (AvgIpc) is 3.17. The summed E-state index contributed by atoms with van der Waals surface area (Å²) >= 11 is 0. The van der Waals surface area contributed by atoms with Gasteiger partial charge in [-0.3, -0.25) is 4.79 Å². The molecule has 6 nitrogen and oxygen atoms in total. The molecule has 0 bridgehead atoms. The fourth-order valence-corrected chi connectivity index (χ4v) is 3.13. The van der Waals surface area contributed by atoms with Crippen molar-refractivity contribution in [2.75, 3.05) is 5.32 Å². The molecule has 0 unspecified atom stereocenters. The van der Waals surface area contributed by atoms with Crippen LogP contribution in [0.2, 0.25) is 0 Å². The Hall–Kier alpha value is -4.19.